The van der Waals surface area contributed by atoms with Gasteiger partial charge in [0, 0.05) is 19.4 Å². The van der Waals surface area contributed by atoms with Crippen LogP contribution in [0.5, 0.6) is 0 Å². The second kappa shape index (κ2) is 7.04. The molecule has 1 aliphatic heterocycles. The molecule has 1 aliphatic carbocycles. The summed E-state index contributed by atoms with van der Waals surface area (Å²) in [5.74, 6) is -1.09. The predicted molar refractivity (Wildman–Crippen MR) is 98.6 cm³/mol. The molecule has 1 amide bonds. The zero-order valence-corrected chi connectivity index (χ0v) is 15.0. The van der Waals surface area contributed by atoms with Crippen molar-refractivity contribution in [3.8, 4) is 11.1 Å². The first-order valence-corrected chi connectivity index (χ1v) is 8.97. The van der Waals surface area contributed by atoms with Gasteiger partial charge in [0.15, 0.2) is 0 Å². The van der Waals surface area contributed by atoms with Gasteiger partial charge in [0.05, 0.1) is 12.6 Å². The molecule has 2 aromatic carbocycles. The van der Waals surface area contributed by atoms with E-state index in [1.54, 1.807) is 0 Å². The molecule has 4 rings (SSSR count). The van der Waals surface area contributed by atoms with E-state index in [4.69, 9.17) is 9.47 Å². The number of fused-ring (bicyclic) bond motifs is 3. The fourth-order valence-electron chi connectivity index (χ4n) is 4.08. The zero-order valence-electron chi connectivity index (χ0n) is 15.0. The third-order valence-corrected chi connectivity index (χ3v) is 5.45. The maximum Gasteiger partial charge on any atom is 0.410 e. The van der Waals surface area contributed by atoms with Crippen LogP contribution in [-0.4, -0.2) is 54.5 Å². The Morgan fingerprint density at radius 1 is 1.07 bits per heavy atom. The Hall–Kier alpha value is -2.86. The van der Waals surface area contributed by atoms with E-state index in [9.17, 15) is 14.7 Å². The quantitative estimate of drug-likeness (QED) is 0.899. The Morgan fingerprint density at radius 3 is 2.22 bits per heavy atom. The van der Waals surface area contributed by atoms with Crippen molar-refractivity contribution >= 4 is 12.1 Å². The molecule has 6 heteroatoms. The van der Waals surface area contributed by atoms with Crippen LogP contribution in [0.25, 0.3) is 11.1 Å². The van der Waals surface area contributed by atoms with Crippen molar-refractivity contribution in [3.63, 3.8) is 0 Å². The normalized spacial score (nSPS) is 21.0. The molecular formula is C21H21NO5. The molecule has 1 saturated heterocycles. The topological polar surface area (TPSA) is 76.1 Å². The van der Waals surface area contributed by atoms with E-state index >= 15 is 0 Å². The largest absolute Gasteiger partial charge is 0.480 e. The number of carbonyl (C=O) groups excluding carboxylic acids is 1. The van der Waals surface area contributed by atoms with Gasteiger partial charge in [0.1, 0.15) is 12.6 Å². The summed E-state index contributed by atoms with van der Waals surface area (Å²) in [5, 5.41) is 9.38. The number of carboxylic acid groups (broad SMARTS) is 1. The van der Waals surface area contributed by atoms with Gasteiger partial charge in [-0.3, -0.25) is 4.90 Å². The first-order valence-electron chi connectivity index (χ1n) is 8.97. The number of carbonyl (C=O) groups is 2. The highest BCUT2D eigenvalue weighted by molar-refractivity contribution is 5.81. The SMILES string of the molecule is CO[C@H]1C[C@H](C(=O)O)N(C(=O)OCC2c3ccccc3-c3ccccc32)C1. The fourth-order valence-corrected chi connectivity index (χ4v) is 4.08. The summed E-state index contributed by atoms with van der Waals surface area (Å²) in [6, 6.07) is 15.3. The standard InChI is InChI=1S/C21H21NO5/c1-26-13-10-19(20(23)24)22(11-13)21(25)27-12-18-16-8-4-2-6-14(16)15-7-3-5-9-17(15)18/h2-9,13,18-19H,10-12H2,1H3,(H,23,24)/t13-,19+/m0/s1. The Bertz CT molecular complexity index is 835. The van der Waals surface area contributed by atoms with Crippen LogP contribution >= 0.6 is 0 Å². The Balaban J connectivity index is 1.52. The van der Waals surface area contributed by atoms with Crippen LogP contribution in [0.4, 0.5) is 4.79 Å². The number of carboxylic acids is 1. The van der Waals surface area contributed by atoms with Gasteiger partial charge in [0.2, 0.25) is 0 Å². The molecule has 0 unspecified atom stereocenters. The van der Waals surface area contributed by atoms with Crippen LogP contribution in [-0.2, 0) is 14.3 Å². The van der Waals surface area contributed by atoms with E-state index in [1.165, 1.54) is 12.0 Å². The molecule has 1 heterocycles. The van der Waals surface area contributed by atoms with Crippen LogP contribution in [0.2, 0.25) is 0 Å². The molecule has 1 N–H and O–H groups in total. The molecule has 2 aromatic rings. The summed E-state index contributed by atoms with van der Waals surface area (Å²) in [5.41, 5.74) is 4.55. The molecule has 0 aromatic heterocycles. The average Bonchev–Trinajstić information content (AvgIpc) is 3.26. The molecule has 0 spiro atoms. The smallest absolute Gasteiger partial charge is 0.410 e. The monoisotopic (exact) mass is 367 g/mol. The summed E-state index contributed by atoms with van der Waals surface area (Å²) in [6.07, 6.45) is -0.619. The number of methoxy groups -OCH3 is 1. The van der Waals surface area contributed by atoms with Gasteiger partial charge in [-0.2, -0.15) is 0 Å². The third-order valence-electron chi connectivity index (χ3n) is 5.45. The van der Waals surface area contributed by atoms with Crippen molar-refractivity contribution in [1.29, 1.82) is 0 Å². The van der Waals surface area contributed by atoms with Gasteiger partial charge in [-0.15, -0.1) is 0 Å². The lowest BCUT2D eigenvalue weighted by Gasteiger charge is -2.22. The van der Waals surface area contributed by atoms with E-state index in [1.807, 2.05) is 36.4 Å². The summed E-state index contributed by atoms with van der Waals surface area (Å²) in [4.78, 5) is 25.3. The van der Waals surface area contributed by atoms with Crippen LogP contribution in [0.1, 0.15) is 23.5 Å². The van der Waals surface area contributed by atoms with Crippen molar-refractivity contribution in [3.05, 3.63) is 59.7 Å². The molecule has 2 aliphatic rings. The van der Waals surface area contributed by atoms with Crippen molar-refractivity contribution in [1.82, 2.24) is 4.90 Å². The Kier molecular flexibility index (Phi) is 4.58. The minimum Gasteiger partial charge on any atom is -0.480 e. The number of amides is 1. The van der Waals surface area contributed by atoms with Gasteiger partial charge in [-0.25, -0.2) is 9.59 Å². The number of nitrogens with zero attached hydrogens (tertiary/aromatic N) is 1. The van der Waals surface area contributed by atoms with Gasteiger partial charge >= 0.3 is 12.1 Å². The number of hydrogen-bond donors (Lipinski definition) is 1. The number of rotatable bonds is 4. The molecular weight excluding hydrogens is 346 g/mol. The zero-order chi connectivity index (χ0) is 19.0. The molecule has 0 saturated carbocycles. The predicted octanol–water partition coefficient (Wildman–Crippen LogP) is 3.11. The Labute approximate surface area is 157 Å². The first kappa shape index (κ1) is 17.5. The minimum absolute atomic E-state index is 0.0505. The van der Waals surface area contributed by atoms with Crippen LogP contribution in [0, 0.1) is 0 Å². The van der Waals surface area contributed by atoms with Crippen molar-refractivity contribution < 1.29 is 24.2 Å². The fraction of sp³-hybridized carbons (Fsp3) is 0.333. The summed E-state index contributed by atoms with van der Waals surface area (Å²) in [7, 11) is 1.52. The van der Waals surface area contributed by atoms with Crippen LogP contribution in [0.15, 0.2) is 48.5 Å². The lowest BCUT2D eigenvalue weighted by molar-refractivity contribution is -0.141. The van der Waals surface area contributed by atoms with Gasteiger partial charge in [-0.05, 0) is 22.3 Å². The van der Waals surface area contributed by atoms with Crippen molar-refractivity contribution in [2.75, 3.05) is 20.3 Å². The van der Waals surface area contributed by atoms with E-state index < -0.39 is 18.1 Å². The van der Waals surface area contributed by atoms with Crippen molar-refractivity contribution in [2.45, 2.75) is 24.5 Å². The van der Waals surface area contributed by atoms with Crippen molar-refractivity contribution in [2.24, 2.45) is 0 Å². The lowest BCUT2D eigenvalue weighted by atomic mass is 9.98. The summed E-state index contributed by atoms with van der Waals surface area (Å²) >= 11 is 0. The molecule has 2 atom stereocenters. The lowest BCUT2D eigenvalue weighted by Crippen LogP contribution is -2.41. The van der Waals surface area contributed by atoms with E-state index in [2.05, 4.69) is 12.1 Å². The molecule has 6 nitrogen and oxygen atoms in total. The molecule has 0 bridgehead atoms. The maximum absolute atomic E-state index is 12.6. The maximum atomic E-state index is 12.6. The molecule has 27 heavy (non-hydrogen) atoms. The number of likely N-dealkylation sites (tertiary alicyclic amines) is 1. The third kappa shape index (κ3) is 3.06. The highest BCUT2D eigenvalue weighted by Gasteiger charge is 2.41. The van der Waals surface area contributed by atoms with Gasteiger partial charge < -0.3 is 14.6 Å². The van der Waals surface area contributed by atoms with E-state index in [0.29, 0.717) is 0 Å². The van der Waals surface area contributed by atoms with Crippen LogP contribution < -0.4 is 0 Å². The second-order valence-electron chi connectivity index (χ2n) is 6.90. The number of ether oxygens (including phenoxy) is 2. The van der Waals surface area contributed by atoms with Gasteiger partial charge in [0.25, 0.3) is 0 Å². The number of benzene rings is 2. The number of aliphatic carboxylic acids is 1. The number of hydrogen-bond acceptors (Lipinski definition) is 4. The van der Waals surface area contributed by atoms with E-state index in [0.717, 1.165) is 22.3 Å². The molecule has 1 fully saturated rings. The average molecular weight is 367 g/mol. The van der Waals surface area contributed by atoms with Crippen LogP contribution in [0.3, 0.4) is 0 Å². The Morgan fingerprint density at radius 2 is 1.67 bits per heavy atom. The highest BCUT2D eigenvalue weighted by atomic mass is 16.6. The second-order valence-corrected chi connectivity index (χ2v) is 6.90. The molecule has 140 valence electrons. The molecule has 0 radical (unpaired) electrons. The summed E-state index contributed by atoms with van der Waals surface area (Å²) in [6.45, 7) is 0.400. The van der Waals surface area contributed by atoms with Gasteiger partial charge in [-0.1, -0.05) is 48.5 Å². The summed E-state index contributed by atoms with van der Waals surface area (Å²) < 4.78 is 10.8. The highest BCUT2D eigenvalue weighted by Crippen LogP contribution is 2.44. The first-order chi connectivity index (χ1) is 13.1. The minimum atomic E-state index is -1.04. The van der Waals surface area contributed by atoms with E-state index in [-0.39, 0.29) is 31.6 Å².